The lowest BCUT2D eigenvalue weighted by molar-refractivity contribution is 0.0975. The summed E-state index contributed by atoms with van der Waals surface area (Å²) in [7, 11) is 4.13. The van der Waals surface area contributed by atoms with Crippen molar-refractivity contribution >= 4 is 5.69 Å². The monoisotopic (exact) mass is 289 g/mol. The van der Waals surface area contributed by atoms with E-state index in [1.165, 1.54) is 38.2 Å². The molecule has 0 aromatic heterocycles. The van der Waals surface area contributed by atoms with Gasteiger partial charge in [-0.15, -0.1) is 0 Å². The second kappa shape index (κ2) is 6.67. The van der Waals surface area contributed by atoms with Crippen molar-refractivity contribution in [1.29, 1.82) is 0 Å². The molecular weight excluding hydrogens is 262 g/mol. The maximum atomic E-state index is 5.82. The number of fused-ring (bicyclic) bond motifs is 3. The van der Waals surface area contributed by atoms with Crippen LogP contribution in [0.5, 0.6) is 5.75 Å². The molecule has 0 spiro atoms. The van der Waals surface area contributed by atoms with Gasteiger partial charge in [0, 0.05) is 30.9 Å². The van der Waals surface area contributed by atoms with Gasteiger partial charge in [-0.25, -0.2) is 0 Å². The average molecular weight is 289 g/mol. The molecule has 3 saturated heterocycles. The summed E-state index contributed by atoms with van der Waals surface area (Å²) in [6, 6.07) is 9.00. The molecule has 1 atom stereocenters. The molecule has 1 unspecified atom stereocenters. The van der Waals surface area contributed by atoms with E-state index in [2.05, 4.69) is 47.4 Å². The highest BCUT2D eigenvalue weighted by Gasteiger charge is 2.33. The highest BCUT2D eigenvalue weighted by Crippen LogP contribution is 2.30. The predicted octanol–water partition coefficient (Wildman–Crippen LogP) is 2.13. The van der Waals surface area contributed by atoms with Crippen LogP contribution in [0.3, 0.4) is 0 Å². The highest BCUT2D eigenvalue weighted by atomic mass is 16.5. The molecule has 1 N–H and O–H groups in total. The maximum absolute atomic E-state index is 5.82. The first-order chi connectivity index (χ1) is 10.2. The van der Waals surface area contributed by atoms with Gasteiger partial charge in [0.2, 0.25) is 0 Å². The number of benzene rings is 1. The second-order valence-electron chi connectivity index (χ2n) is 6.57. The minimum absolute atomic E-state index is 0.601. The van der Waals surface area contributed by atoms with E-state index in [1.807, 2.05) is 6.07 Å². The zero-order valence-electron chi connectivity index (χ0n) is 13.2. The van der Waals surface area contributed by atoms with E-state index in [0.717, 1.165) is 24.8 Å². The summed E-state index contributed by atoms with van der Waals surface area (Å²) in [5.74, 6) is 1.80. The van der Waals surface area contributed by atoms with Crippen LogP contribution in [0.2, 0.25) is 0 Å². The van der Waals surface area contributed by atoms with Crippen LogP contribution in [0, 0.1) is 5.92 Å². The van der Waals surface area contributed by atoms with Crippen LogP contribution in [0.25, 0.3) is 0 Å². The molecule has 0 saturated carbocycles. The third kappa shape index (κ3) is 3.89. The van der Waals surface area contributed by atoms with Crippen molar-refractivity contribution in [1.82, 2.24) is 9.80 Å². The number of rotatable bonds is 6. The number of anilines is 1. The van der Waals surface area contributed by atoms with Gasteiger partial charge in [0.15, 0.2) is 0 Å². The van der Waals surface area contributed by atoms with E-state index in [9.17, 15) is 0 Å². The van der Waals surface area contributed by atoms with Gasteiger partial charge >= 0.3 is 0 Å². The first-order valence-electron chi connectivity index (χ1n) is 8.07. The number of hydrogen-bond donors (Lipinski definition) is 1. The normalized spacial score (nSPS) is 27.9. The van der Waals surface area contributed by atoms with Gasteiger partial charge in [-0.05, 0) is 58.1 Å². The van der Waals surface area contributed by atoms with Gasteiger partial charge in [-0.2, -0.15) is 0 Å². The summed E-state index contributed by atoms with van der Waals surface area (Å²) in [4.78, 5) is 4.71. The fourth-order valence-electron chi connectivity index (χ4n) is 3.36. The fourth-order valence-corrected chi connectivity index (χ4v) is 3.36. The van der Waals surface area contributed by atoms with E-state index >= 15 is 0 Å². The molecule has 0 amide bonds. The fraction of sp³-hybridized carbons (Fsp3) is 0.647. The lowest BCUT2D eigenvalue weighted by atomic mass is 9.84. The van der Waals surface area contributed by atoms with Crippen LogP contribution in [-0.4, -0.2) is 62.7 Å². The largest absolute Gasteiger partial charge is 0.492 e. The molecule has 3 aliphatic heterocycles. The number of likely N-dealkylation sites (N-methyl/N-ethyl adjacent to an activating group) is 1. The quantitative estimate of drug-likeness (QED) is 0.868. The number of nitrogens with one attached hydrogen (secondary N) is 1. The van der Waals surface area contributed by atoms with E-state index in [-0.39, 0.29) is 0 Å². The number of ether oxygens (including phenoxy) is 1. The Hall–Kier alpha value is -1.26. The predicted molar refractivity (Wildman–Crippen MR) is 87.1 cm³/mol. The van der Waals surface area contributed by atoms with Crippen LogP contribution in [-0.2, 0) is 0 Å². The highest BCUT2D eigenvalue weighted by molar-refractivity contribution is 5.49. The summed E-state index contributed by atoms with van der Waals surface area (Å²) < 4.78 is 5.82. The zero-order chi connectivity index (χ0) is 14.7. The third-order valence-corrected chi connectivity index (χ3v) is 4.65. The number of hydrogen-bond acceptors (Lipinski definition) is 4. The second-order valence-corrected chi connectivity index (χ2v) is 6.57. The van der Waals surface area contributed by atoms with Gasteiger partial charge in [0.1, 0.15) is 12.4 Å². The Morgan fingerprint density at radius 1 is 1.29 bits per heavy atom. The van der Waals surface area contributed by atoms with Gasteiger partial charge < -0.3 is 19.9 Å². The van der Waals surface area contributed by atoms with Crippen LogP contribution in [0.15, 0.2) is 24.3 Å². The van der Waals surface area contributed by atoms with Gasteiger partial charge in [0.05, 0.1) is 0 Å². The van der Waals surface area contributed by atoms with Gasteiger partial charge in [0.25, 0.3) is 0 Å². The topological polar surface area (TPSA) is 27.7 Å². The summed E-state index contributed by atoms with van der Waals surface area (Å²) in [5, 5.41) is 3.72. The summed E-state index contributed by atoms with van der Waals surface area (Å²) >= 11 is 0. The lowest BCUT2D eigenvalue weighted by Gasteiger charge is -2.45. The number of nitrogens with zero attached hydrogens (tertiary/aromatic N) is 2. The minimum atomic E-state index is 0.601. The van der Waals surface area contributed by atoms with Gasteiger partial charge in [-0.1, -0.05) is 6.07 Å². The molecular formula is C17H27N3O. The lowest BCUT2D eigenvalue weighted by Crippen LogP contribution is -2.53. The Morgan fingerprint density at radius 2 is 2.10 bits per heavy atom. The Bertz CT molecular complexity index is 455. The van der Waals surface area contributed by atoms with Crippen molar-refractivity contribution in [2.45, 2.75) is 18.9 Å². The van der Waals surface area contributed by atoms with E-state index in [0.29, 0.717) is 6.04 Å². The van der Waals surface area contributed by atoms with Crippen molar-refractivity contribution in [2.75, 3.05) is 52.2 Å². The Balaban J connectivity index is 1.56. The first kappa shape index (κ1) is 14.7. The molecule has 21 heavy (non-hydrogen) atoms. The minimum Gasteiger partial charge on any atom is -0.492 e. The molecule has 4 heteroatoms. The van der Waals surface area contributed by atoms with Crippen LogP contribution < -0.4 is 10.1 Å². The Morgan fingerprint density at radius 3 is 2.76 bits per heavy atom. The molecule has 3 aliphatic rings. The molecule has 1 aromatic rings. The molecule has 2 bridgehead atoms. The molecule has 3 heterocycles. The van der Waals surface area contributed by atoms with Crippen molar-refractivity contribution < 1.29 is 4.74 Å². The Kier molecular flexibility index (Phi) is 4.66. The summed E-state index contributed by atoms with van der Waals surface area (Å²) in [6.07, 6.45) is 2.69. The molecule has 3 fully saturated rings. The standard InChI is InChI=1S/C17H27N3O/c1-19(2)10-11-21-16-5-3-4-15(12-16)18-17-13-20-8-6-14(17)7-9-20/h3-5,12,14,17-18H,6-11,13H2,1-2H3. The van der Waals surface area contributed by atoms with Crippen LogP contribution >= 0.6 is 0 Å². The average Bonchev–Trinajstić information content (AvgIpc) is 2.48. The van der Waals surface area contributed by atoms with Crippen molar-refractivity contribution in [3.05, 3.63) is 24.3 Å². The maximum Gasteiger partial charge on any atom is 0.121 e. The zero-order valence-corrected chi connectivity index (χ0v) is 13.2. The Labute approximate surface area is 128 Å². The number of piperidine rings is 3. The SMILES string of the molecule is CN(C)CCOc1cccc(NC2CN3CCC2CC3)c1. The smallest absolute Gasteiger partial charge is 0.121 e. The van der Waals surface area contributed by atoms with E-state index in [4.69, 9.17) is 4.74 Å². The van der Waals surface area contributed by atoms with E-state index < -0.39 is 0 Å². The van der Waals surface area contributed by atoms with Crippen molar-refractivity contribution in [3.8, 4) is 5.75 Å². The molecule has 116 valence electrons. The van der Waals surface area contributed by atoms with Crippen molar-refractivity contribution in [2.24, 2.45) is 5.92 Å². The molecule has 0 aliphatic carbocycles. The van der Waals surface area contributed by atoms with Crippen LogP contribution in [0.1, 0.15) is 12.8 Å². The van der Waals surface area contributed by atoms with Crippen LogP contribution in [0.4, 0.5) is 5.69 Å². The molecule has 0 radical (unpaired) electrons. The van der Waals surface area contributed by atoms with Crippen molar-refractivity contribution in [3.63, 3.8) is 0 Å². The third-order valence-electron chi connectivity index (χ3n) is 4.65. The van der Waals surface area contributed by atoms with E-state index in [1.54, 1.807) is 0 Å². The molecule has 4 nitrogen and oxygen atoms in total. The molecule has 1 aromatic carbocycles. The summed E-state index contributed by atoms with van der Waals surface area (Å²) in [5.41, 5.74) is 1.19. The molecule has 4 rings (SSSR count). The first-order valence-corrected chi connectivity index (χ1v) is 8.07. The van der Waals surface area contributed by atoms with Gasteiger partial charge in [-0.3, -0.25) is 0 Å². The summed E-state index contributed by atoms with van der Waals surface area (Å²) in [6.45, 7) is 5.44.